The second kappa shape index (κ2) is 6.13. The summed E-state index contributed by atoms with van der Waals surface area (Å²) in [5.74, 6) is -1.80. The number of sulfonamides is 1. The molecule has 4 nitrogen and oxygen atoms in total. The highest BCUT2D eigenvalue weighted by Crippen LogP contribution is 2.21. The number of benzene rings is 1. The van der Waals surface area contributed by atoms with Crippen molar-refractivity contribution in [2.24, 2.45) is 5.73 Å². The first-order chi connectivity index (χ1) is 8.39. The minimum atomic E-state index is -3.83. The van der Waals surface area contributed by atoms with Crippen molar-refractivity contribution >= 4 is 22.4 Å². The smallest absolute Gasteiger partial charge is 0.243 e. The first-order valence-electron chi connectivity index (χ1n) is 5.61. The van der Waals surface area contributed by atoms with Crippen LogP contribution in [0, 0.1) is 11.6 Å². The van der Waals surface area contributed by atoms with Crippen molar-refractivity contribution in [3.8, 4) is 0 Å². The van der Waals surface area contributed by atoms with E-state index in [2.05, 4.69) is 0 Å². The molecule has 108 valence electrons. The molecule has 0 aliphatic carbocycles. The molecule has 0 amide bonds. The molecular formula is C11H15ClF2N2O2S. The van der Waals surface area contributed by atoms with Crippen molar-refractivity contribution in [3.05, 3.63) is 29.8 Å². The summed E-state index contributed by atoms with van der Waals surface area (Å²) in [5.41, 5.74) is 5.69. The van der Waals surface area contributed by atoms with E-state index < -0.39 is 21.7 Å². The largest absolute Gasteiger partial charge is 0.328 e. The highest BCUT2D eigenvalue weighted by Gasteiger charge is 2.28. The average molecular weight is 313 g/mol. The number of rotatable bonds is 2. The molecule has 0 unspecified atom stereocenters. The van der Waals surface area contributed by atoms with E-state index in [1.165, 1.54) is 4.31 Å². The summed E-state index contributed by atoms with van der Waals surface area (Å²) < 4.78 is 51.6. The lowest BCUT2D eigenvalue weighted by Crippen LogP contribution is -2.42. The van der Waals surface area contributed by atoms with Gasteiger partial charge in [-0.2, -0.15) is 4.31 Å². The van der Waals surface area contributed by atoms with E-state index in [9.17, 15) is 17.2 Å². The minimum absolute atomic E-state index is 0. The van der Waals surface area contributed by atoms with E-state index in [0.717, 1.165) is 12.1 Å². The Morgan fingerprint density at radius 1 is 1.11 bits per heavy atom. The highest BCUT2D eigenvalue weighted by molar-refractivity contribution is 7.89. The molecule has 0 spiro atoms. The van der Waals surface area contributed by atoms with E-state index in [4.69, 9.17) is 5.73 Å². The van der Waals surface area contributed by atoms with Gasteiger partial charge < -0.3 is 5.73 Å². The third-order valence-corrected chi connectivity index (χ3v) is 4.85. The maximum absolute atomic E-state index is 13.0. The Hall–Kier alpha value is -0.760. The lowest BCUT2D eigenvalue weighted by Gasteiger charge is -2.29. The molecule has 1 aromatic rings. The molecule has 0 atom stereocenters. The average Bonchev–Trinajstić information content (AvgIpc) is 2.28. The van der Waals surface area contributed by atoms with Gasteiger partial charge in [0.05, 0.1) is 4.90 Å². The molecule has 1 aliphatic heterocycles. The van der Waals surface area contributed by atoms with Gasteiger partial charge in [0.2, 0.25) is 10.0 Å². The zero-order valence-electron chi connectivity index (χ0n) is 10.1. The fraction of sp³-hybridized carbons (Fsp3) is 0.455. The number of piperidine rings is 1. The van der Waals surface area contributed by atoms with Gasteiger partial charge in [-0.25, -0.2) is 17.2 Å². The van der Waals surface area contributed by atoms with Crippen molar-refractivity contribution in [3.63, 3.8) is 0 Å². The number of hydrogen-bond donors (Lipinski definition) is 1. The molecule has 0 saturated carbocycles. The van der Waals surface area contributed by atoms with E-state index in [0.29, 0.717) is 18.9 Å². The Labute approximate surface area is 117 Å². The van der Waals surface area contributed by atoms with Crippen molar-refractivity contribution in [2.45, 2.75) is 23.8 Å². The van der Waals surface area contributed by atoms with Gasteiger partial charge in [0.25, 0.3) is 0 Å². The second-order valence-electron chi connectivity index (χ2n) is 4.35. The Balaban J connectivity index is 0.00000180. The molecule has 2 N–H and O–H groups in total. The lowest BCUT2D eigenvalue weighted by atomic mass is 10.1. The third kappa shape index (κ3) is 3.62. The first-order valence-corrected chi connectivity index (χ1v) is 7.05. The van der Waals surface area contributed by atoms with Crippen LogP contribution in [0.3, 0.4) is 0 Å². The normalized spacial score (nSPS) is 18.1. The predicted molar refractivity (Wildman–Crippen MR) is 69.6 cm³/mol. The standard InChI is InChI=1S/C11H14F2N2O2S.ClH/c12-8-5-9(13)7-11(6-8)18(16,17)15-3-1-10(14)2-4-15;/h5-7,10H,1-4,14H2;1H. The zero-order chi connectivity index (χ0) is 13.3. The van der Waals surface area contributed by atoms with E-state index in [1.54, 1.807) is 0 Å². The van der Waals surface area contributed by atoms with E-state index in [1.807, 2.05) is 0 Å². The van der Waals surface area contributed by atoms with Gasteiger partial charge in [0, 0.05) is 25.2 Å². The van der Waals surface area contributed by atoms with Gasteiger partial charge in [0.1, 0.15) is 11.6 Å². The van der Waals surface area contributed by atoms with Crippen LogP contribution < -0.4 is 5.73 Å². The Bertz CT molecular complexity index is 525. The van der Waals surface area contributed by atoms with Crippen molar-refractivity contribution in [2.75, 3.05) is 13.1 Å². The van der Waals surface area contributed by atoms with Gasteiger partial charge in [-0.1, -0.05) is 0 Å². The maximum atomic E-state index is 13.0. The molecule has 8 heteroatoms. The maximum Gasteiger partial charge on any atom is 0.243 e. The van der Waals surface area contributed by atoms with Gasteiger partial charge in [-0.3, -0.25) is 0 Å². The van der Waals surface area contributed by atoms with Crippen molar-refractivity contribution < 1.29 is 17.2 Å². The molecule has 0 aromatic heterocycles. The quantitative estimate of drug-likeness (QED) is 0.900. The fourth-order valence-corrected chi connectivity index (χ4v) is 3.46. The topological polar surface area (TPSA) is 63.4 Å². The second-order valence-corrected chi connectivity index (χ2v) is 6.28. The number of nitrogens with two attached hydrogens (primary N) is 1. The monoisotopic (exact) mass is 312 g/mol. The van der Waals surface area contributed by atoms with Gasteiger partial charge >= 0.3 is 0 Å². The SMILES string of the molecule is Cl.NC1CCN(S(=O)(=O)c2cc(F)cc(F)c2)CC1. The minimum Gasteiger partial charge on any atom is -0.328 e. The lowest BCUT2D eigenvalue weighted by molar-refractivity contribution is 0.319. The molecular weight excluding hydrogens is 298 g/mol. The first kappa shape index (κ1) is 16.3. The molecule has 1 heterocycles. The molecule has 1 aliphatic rings. The number of nitrogens with zero attached hydrogens (tertiary/aromatic N) is 1. The summed E-state index contributed by atoms with van der Waals surface area (Å²) in [5, 5.41) is 0. The summed E-state index contributed by atoms with van der Waals surface area (Å²) in [4.78, 5) is -0.351. The molecule has 0 radical (unpaired) electrons. The van der Waals surface area contributed by atoms with Crippen LogP contribution in [0.25, 0.3) is 0 Å². The summed E-state index contributed by atoms with van der Waals surface area (Å²) in [7, 11) is -3.83. The molecule has 19 heavy (non-hydrogen) atoms. The summed E-state index contributed by atoms with van der Waals surface area (Å²) >= 11 is 0. The summed E-state index contributed by atoms with van der Waals surface area (Å²) in [6.07, 6.45) is 1.11. The summed E-state index contributed by atoms with van der Waals surface area (Å²) in [6, 6.07) is 2.28. The van der Waals surface area contributed by atoms with Gasteiger partial charge in [-0.15, -0.1) is 12.4 Å². The summed E-state index contributed by atoms with van der Waals surface area (Å²) in [6.45, 7) is 0.559. The number of hydrogen-bond acceptors (Lipinski definition) is 3. The highest BCUT2D eigenvalue weighted by atomic mass is 35.5. The third-order valence-electron chi connectivity index (χ3n) is 2.97. The van der Waals surface area contributed by atoms with Crippen LogP contribution in [0.1, 0.15) is 12.8 Å². The van der Waals surface area contributed by atoms with Crippen LogP contribution >= 0.6 is 12.4 Å². The van der Waals surface area contributed by atoms with Crippen molar-refractivity contribution in [1.29, 1.82) is 0 Å². The van der Waals surface area contributed by atoms with Gasteiger partial charge in [-0.05, 0) is 25.0 Å². The van der Waals surface area contributed by atoms with Crippen LogP contribution in [0.5, 0.6) is 0 Å². The number of halogens is 3. The fourth-order valence-electron chi connectivity index (χ4n) is 1.94. The molecule has 1 saturated heterocycles. The Kier molecular flexibility index (Phi) is 5.26. The van der Waals surface area contributed by atoms with E-state index in [-0.39, 0.29) is 36.4 Å². The Morgan fingerprint density at radius 3 is 2.05 bits per heavy atom. The van der Waals surface area contributed by atoms with Crippen LogP contribution in [0.15, 0.2) is 23.1 Å². The van der Waals surface area contributed by atoms with Crippen LogP contribution in [-0.2, 0) is 10.0 Å². The zero-order valence-corrected chi connectivity index (χ0v) is 11.7. The van der Waals surface area contributed by atoms with E-state index >= 15 is 0 Å². The van der Waals surface area contributed by atoms with Crippen molar-refractivity contribution in [1.82, 2.24) is 4.31 Å². The predicted octanol–water partition coefficient (Wildman–Crippen LogP) is 1.50. The van der Waals surface area contributed by atoms with Gasteiger partial charge in [0.15, 0.2) is 0 Å². The molecule has 1 aromatic carbocycles. The molecule has 1 fully saturated rings. The van der Waals surface area contributed by atoms with Crippen LogP contribution in [-0.4, -0.2) is 31.9 Å². The Morgan fingerprint density at radius 2 is 1.58 bits per heavy atom. The molecule has 0 bridgehead atoms. The van der Waals surface area contributed by atoms with Crippen LogP contribution in [0.4, 0.5) is 8.78 Å². The van der Waals surface area contributed by atoms with Crippen LogP contribution in [0.2, 0.25) is 0 Å². The molecule has 2 rings (SSSR count).